The number of carbonyl (C=O) groups excluding carboxylic acids is 1. The van der Waals surface area contributed by atoms with E-state index in [1.54, 1.807) is 6.07 Å². The number of hydrogen-bond acceptors (Lipinski definition) is 3. The molecule has 0 spiro atoms. The van der Waals surface area contributed by atoms with Gasteiger partial charge in [-0.2, -0.15) is 0 Å². The molecule has 1 aliphatic rings. The molecule has 1 heterocycles. The predicted octanol–water partition coefficient (Wildman–Crippen LogP) is 4.47. The number of esters is 1. The molecule has 0 fully saturated rings. The largest absolute Gasteiger partial charge is 0.484 e. The van der Waals surface area contributed by atoms with Gasteiger partial charge in [-0.05, 0) is 11.6 Å². The highest BCUT2D eigenvalue weighted by atomic mass is 35.5. The van der Waals surface area contributed by atoms with Crippen LogP contribution in [0.5, 0.6) is 5.75 Å². The highest BCUT2D eigenvalue weighted by molar-refractivity contribution is 6.32. The maximum atomic E-state index is 11.4. The van der Waals surface area contributed by atoms with E-state index in [9.17, 15) is 4.79 Å². The molecular weight excluding hydrogens is 288 g/mol. The van der Waals surface area contributed by atoms with E-state index >= 15 is 0 Å². The molecule has 0 saturated carbocycles. The lowest BCUT2D eigenvalue weighted by Gasteiger charge is -2.32. The van der Waals surface area contributed by atoms with Crippen molar-refractivity contribution in [1.29, 1.82) is 0 Å². The lowest BCUT2D eigenvalue weighted by atomic mass is 9.95. The number of benzene rings is 2. The SMILES string of the molecule is CC(=O)O[C@@H]1C[C@H](c2ccccc2)Oc2c(Cl)cccc21. The van der Waals surface area contributed by atoms with Crippen LogP contribution in [0.4, 0.5) is 0 Å². The molecule has 0 aromatic heterocycles. The van der Waals surface area contributed by atoms with Crippen LogP contribution in [0, 0.1) is 0 Å². The average molecular weight is 303 g/mol. The molecule has 108 valence electrons. The van der Waals surface area contributed by atoms with Gasteiger partial charge in [0.25, 0.3) is 0 Å². The second-order valence-corrected chi connectivity index (χ2v) is 5.42. The lowest BCUT2D eigenvalue weighted by molar-refractivity contribution is -0.149. The van der Waals surface area contributed by atoms with Crippen molar-refractivity contribution in [3.63, 3.8) is 0 Å². The highest BCUT2D eigenvalue weighted by Crippen LogP contribution is 2.45. The smallest absolute Gasteiger partial charge is 0.303 e. The number of para-hydroxylation sites is 1. The van der Waals surface area contributed by atoms with Crippen molar-refractivity contribution in [1.82, 2.24) is 0 Å². The van der Waals surface area contributed by atoms with Crippen molar-refractivity contribution in [2.45, 2.75) is 25.6 Å². The number of ether oxygens (including phenoxy) is 2. The van der Waals surface area contributed by atoms with Crippen LogP contribution in [0.1, 0.15) is 36.7 Å². The number of carbonyl (C=O) groups is 1. The van der Waals surface area contributed by atoms with Gasteiger partial charge >= 0.3 is 5.97 Å². The maximum absolute atomic E-state index is 11.4. The normalized spacial score (nSPS) is 20.3. The van der Waals surface area contributed by atoms with Gasteiger partial charge in [0.05, 0.1) is 5.02 Å². The first-order chi connectivity index (χ1) is 10.1. The van der Waals surface area contributed by atoms with Crippen LogP contribution in [0.3, 0.4) is 0 Å². The van der Waals surface area contributed by atoms with Crippen molar-refractivity contribution in [2.75, 3.05) is 0 Å². The molecule has 0 bridgehead atoms. The third kappa shape index (κ3) is 2.88. The Morgan fingerprint density at radius 1 is 1.19 bits per heavy atom. The Hall–Kier alpha value is -2.00. The quantitative estimate of drug-likeness (QED) is 0.768. The predicted molar refractivity (Wildman–Crippen MR) is 80.4 cm³/mol. The molecule has 0 unspecified atom stereocenters. The molecule has 1 aliphatic heterocycles. The van der Waals surface area contributed by atoms with Crippen molar-refractivity contribution >= 4 is 17.6 Å². The van der Waals surface area contributed by atoms with E-state index in [0.29, 0.717) is 17.2 Å². The second kappa shape index (κ2) is 5.78. The fourth-order valence-electron chi connectivity index (χ4n) is 2.60. The summed E-state index contributed by atoms with van der Waals surface area (Å²) in [6.07, 6.45) is 0.0647. The van der Waals surface area contributed by atoms with Crippen LogP contribution in [0.2, 0.25) is 5.02 Å². The zero-order valence-electron chi connectivity index (χ0n) is 11.6. The summed E-state index contributed by atoms with van der Waals surface area (Å²) in [7, 11) is 0. The minimum Gasteiger partial charge on any atom is -0.484 e. The van der Waals surface area contributed by atoms with Crippen LogP contribution in [0.15, 0.2) is 48.5 Å². The average Bonchev–Trinajstić information content (AvgIpc) is 2.48. The molecular formula is C17H15ClO3. The van der Waals surface area contributed by atoms with E-state index in [-0.39, 0.29) is 18.2 Å². The summed E-state index contributed by atoms with van der Waals surface area (Å²) in [6, 6.07) is 15.4. The van der Waals surface area contributed by atoms with Gasteiger partial charge in [0.1, 0.15) is 18.0 Å². The van der Waals surface area contributed by atoms with Gasteiger partial charge in [-0.15, -0.1) is 0 Å². The molecule has 0 amide bonds. The van der Waals surface area contributed by atoms with Crippen molar-refractivity contribution < 1.29 is 14.3 Å². The Kier molecular flexibility index (Phi) is 3.84. The molecule has 3 rings (SSSR count). The van der Waals surface area contributed by atoms with E-state index < -0.39 is 0 Å². The van der Waals surface area contributed by atoms with Crippen LogP contribution in [-0.4, -0.2) is 5.97 Å². The van der Waals surface area contributed by atoms with Crippen molar-refractivity contribution in [2.24, 2.45) is 0 Å². The summed E-state index contributed by atoms with van der Waals surface area (Å²) in [5, 5.41) is 0.533. The van der Waals surface area contributed by atoms with Crippen LogP contribution < -0.4 is 4.74 Å². The Labute approximate surface area is 128 Å². The molecule has 2 aromatic rings. The van der Waals surface area contributed by atoms with E-state index in [1.807, 2.05) is 42.5 Å². The highest BCUT2D eigenvalue weighted by Gasteiger charge is 2.32. The topological polar surface area (TPSA) is 35.5 Å². The Bertz CT molecular complexity index is 654. The number of fused-ring (bicyclic) bond motifs is 1. The summed E-state index contributed by atoms with van der Waals surface area (Å²) in [4.78, 5) is 11.4. The van der Waals surface area contributed by atoms with Gasteiger partial charge in [-0.1, -0.05) is 54.1 Å². The van der Waals surface area contributed by atoms with Gasteiger partial charge in [0.15, 0.2) is 0 Å². The van der Waals surface area contributed by atoms with Gasteiger partial charge in [0, 0.05) is 18.9 Å². The Morgan fingerprint density at radius 2 is 1.95 bits per heavy atom. The summed E-state index contributed by atoms with van der Waals surface area (Å²) in [6.45, 7) is 1.41. The summed E-state index contributed by atoms with van der Waals surface area (Å²) < 4.78 is 11.5. The van der Waals surface area contributed by atoms with Crippen LogP contribution in [-0.2, 0) is 9.53 Å². The lowest BCUT2D eigenvalue weighted by Crippen LogP contribution is -2.22. The maximum Gasteiger partial charge on any atom is 0.303 e. The van der Waals surface area contributed by atoms with E-state index in [4.69, 9.17) is 21.1 Å². The molecule has 0 saturated heterocycles. The van der Waals surface area contributed by atoms with Crippen LogP contribution in [0.25, 0.3) is 0 Å². The number of halogens is 1. The Balaban J connectivity index is 1.99. The third-order valence-corrected chi connectivity index (χ3v) is 3.81. The minimum absolute atomic E-state index is 0.178. The summed E-state index contributed by atoms with van der Waals surface area (Å²) >= 11 is 6.23. The molecule has 0 aliphatic carbocycles. The third-order valence-electron chi connectivity index (χ3n) is 3.51. The first kappa shape index (κ1) is 14.0. The molecule has 2 atom stereocenters. The zero-order valence-corrected chi connectivity index (χ0v) is 12.3. The standard InChI is InChI=1S/C17H15ClO3/c1-11(19)20-16-10-15(12-6-3-2-4-7-12)21-17-13(16)8-5-9-14(17)18/h2-9,15-16H,10H2,1H3/t15-,16-/m1/s1. The molecule has 2 aromatic carbocycles. The first-order valence-corrected chi connectivity index (χ1v) is 7.20. The zero-order chi connectivity index (χ0) is 14.8. The number of rotatable bonds is 2. The van der Waals surface area contributed by atoms with Crippen molar-refractivity contribution in [3.05, 3.63) is 64.7 Å². The van der Waals surface area contributed by atoms with Crippen molar-refractivity contribution in [3.8, 4) is 5.75 Å². The first-order valence-electron chi connectivity index (χ1n) is 6.82. The van der Waals surface area contributed by atoms with Gasteiger partial charge < -0.3 is 9.47 Å². The fourth-order valence-corrected chi connectivity index (χ4v) is 2.83. The fraction of sp³-hybridized carbons (Fsp3) is 0.235. The second-order valence-electron chi connectivity index (χ2n) is 5.01. The van der Waals surface area contributed by atoms with Gasteiger partial charge in [-0.25, -0.2) is 0 Å². The molecule has 4 heteroatoms. The van der Waals surface area contributed by atoms with E-state index in [1.165, 1.54) is 6.92 Å². The van der Waals surface area contributed by atoms with E-state index in [0.717, 1.165) is 11.1 Å². The van der Waals surface area contributed by atoms with E-state index in [2.05, 4.69) is 0 Å². The molecule has 0 radical (unpaired) electrons. The minimum atomic E-state index is -0.338. The summed E-state index contributed by atoms with van der Waals surface area (Å²) in [5.74, 6) is 0.296. The van der Waals surface area contributed by atoms with Gasteiger partial charge in [-0.3, -0.25) is 4.79 Å². The molecule has 0 N–H and O–H groups in total. The Morgan fingerprint density at radius 3 is 2.67 bits per heavy atom. The van der Waals surface area contributed by atoms with Crippen LogP contribution >= 0.6 is 11.6 Å². The van der Waals surface area contributed by atoms with Gasteiger partial charge in [0.2, 0.25) is 0 Å². The molecule has 21 heavy (non-hydrogen) atoms. The number of hydrogen-bond donors (Lipinski definition) is 0. The summed E-state index contributed by atoms with van der Waals surface area (Å²) in [5.41, 5.74) is 1.87. The monoisotopic (exact) mass is 302 g/mol. The molecule has 3 nitrogen and oxygen atoms in total.